The molecule has 0 aliphatic rings. The second-order valence-corrected chi connectivity index (χ2v) is 5.07. The monoisotopic (exact) mass is 382 g/mol. The van der Waals surface area contributed by atoms with Crippen molar-refractivity contribution in [1.82, 2.24) is 5.43 Å². The lowest BCUT2D eigenvalue weighted by molar-refractivity contribution is -0.394. The Morgan fingerprint density at radius 3 is 1.96 bits per heavy atom. The number of carbonyl (C=O) groups excluding carboxylic acids is 1. The van der Waals surface area contributed by atoms with Crippen molar-refractivity contribution in [2.24, 2.45) is 5.10 Å². The van der Waals surface area contributed by atoms with Crippen LogP contribution in [0.5, 0.6) is 0 Å². The topological polar surface area (TPSA) is 128 Å². The summed E-state index contributed by atoms with van der Waals surface area (Å²) in [4.78, 5) is 31.7. The van der Waals surface area contributed by atoms with Crippen LogP contribution in [0.25, 0.3) is 0 Å². The molecular weight excluding hydrogens is 373 g/mol. The van der Waals surface area contributed by atoms with Gasteiger partial charge in [-0.25, -0.2) is 5.43 Å². The lowest BCUT2D eigenvalue weighted by Gasteiger charge is -2.05. The Morgan fingerprint density at radius 2 is 1.52 bits per heavy atom. The van der Waals surface area contributed by atoms with E-state index in [0.717, 1.165) is 42.6 Å². The van der Waals surface area contributed by atoms with Crippen molar-refractivity contribution in [1.29, 1.82) is 0 Å². The fraction of sp³-hybridized carbons (Fsp3) is 0.0667. The molecule has 2 aromatic rings. The van der Waals surface area contributed by atoms with Crippen molar-refractivity contribution in [3.05, 3.63) is 79.4 Å². The minimum Gasteiger partial charge on any atom is -0.267 e. The summed E-state index contributed by atoms with van der Waals surface area (Å²) in [5, 5.41) is 25.1. The van der Waals surface area contributed by atoms with E-state index in [9.17, 15) is 38.2 Å². The number of nitro groups is 2. The highest BCUT2D eigenvalue weighted by Crippen LogP contribution is 2.28. The van der Waals surface area contributed by atoms with E-state index in [-0.39, 0.29) is 11.1 Å². The average Bonchev–Trinajstić information content (AvgIpc) is 2.60. The average molecular weight is 382 g/mol. The number of halogens is 3. The molecule has 0 atom stereocenters. The Kier molecular flexibility index (Phi) is 5.48. The zero-order chi connectivity index (χ0) is 20.2. The molecule has 0 heterocycles. The minimum absolute atomic E-state index is 0.244. The highest BCUT2D eigenvalue weighted by molar-refractivity contribution is 5.96. The number of alkyl halides is 3. The molecule has 0 aliphatic carbocycles. The first-order chi connectivity index (χ1) is 12.6. The molecule has 0 saturated heterocycles. The van der Waals surface area contributed by atoms with Crippen LogP contribution >= 0.6 is 0 Å². The van der Waals surface area contributed by atoms with E-state index in [1.807, 2.05) is 5.43 Å². The summed E-state index contributed by atoms with van der Waals surface area (Å²) in [5.74, 6) is -0.968. The van der Waals surface area contributed by atoms with Crippen molar-refractivity contribution in [3.8, 4) is 0 Å². The number of nitro benzene ring substituents is 2. The zero-order valence-corrected chi connectivity index (χ0v) is 13.1. The summed E-state index contributed by atoms with van der Waals surface area (Å²) in [6.45, 7) is 0. The Bertz CT molecular complexity index is 894. The zero-order valence-electron chi connectivity index (χ0n) is 13.1. The maximum atomic E-state index is 12.5. The quantitative estimate of drug-likeness (QED) is 0.482. The SMILES string of the molecule is O=C(N/N=C\c1ccc(C(F)(F)F)cc1)c1cc([N+](=O)[O-])cc([N+](=O)[O-])c1. The highest BCUT2D eigenvalue weighted by Gasteiger charge is 2.29. The maximum Gasteiger partial charge on any atom is 0.416 e. The fourth-order valence-corrected chi connectivity index (χ4v) is 1.93. The molecule has 2 aromatic carbocycles. The van der Waals surface area contributed by atoms with E-state index < -0.39 is 38.9 Å². The van der Waals surface area contributed by atoms with Crippen LogP contribution in [0.15, 0.2) is 47.6 Å². The van der Waals surface area contributed by atoms with E-state index >= 15 is 0 Å². The van der Waals surface area contributed by atoms with Gasteiger partial charge in [-0.1, -0.05) is 12.1 Å². The van der Waals surface area contributed by atoms with Gasteiger partial charge in [0.1, 0.15) is 0 Å². The molecule has 0 aliphatic heterocycles. The van der Waals surface area contributed by atoms with Gasteiger partial charge in [0.05, 0.1) is 33.3 Å². The van der Waals surface area contributed by atoms with Crippen LogP contribution in [0.4, 0.5) is 24.5 Å². The summed E-state index contributed by atoms with van der Waals surface area (Å²) in [6.07, 6.45) is -3.44. The number of amides is 1. The van der Waals surface area contributed by atoms with Gasteiger partial charge in [0.25, 0.3) is 17.3 Å². The first kappa shape index (κ1) is 19.5. The number of hydrogen-bond acceptors (Lipinski definition) is 6. The van der Waals surface area contributed by atoms with Crippen molar-refractivity contribution < 1.29 is 27.8 Å². The molecular formula is C15H9F3N4O5. The van der Waals surface area contributed by atoms with Crippen LogP contribution in [0.2, 0.25) is 0 Å². The number of carbonyl (C=O) groups is 1. The molecule has 27 heavy (non-hydrogen) atoms. The van der Waals surface area contributed by atoms with Gasteiger partial charge in [0, 0.05) is 12.1 Å². The van der Waals surface area contributed by atoms with Gasteiger partial charge in [0.15, 0.2) is 0 Å². The first-order valence-electron chi connectivity index (χ1n) is 7.02. The summed E-state index contributed by atoms with van der Waals surface area (Å²) >= 11 is 0. The van der Waals surface area contributed by atoms with E-state index in [2.05, 4.69) is 5.10 Å². The molecule has 0 fully saturated rings. The lowest BCUT2D eigenvalue weighted by atomic mass is 10.1. The largest absolute Gasteiger partial charge is 0.416 e. The van der Waals surface area contributed by atoms with Gasteiger partial charge >= 0.3 is 6.18 Å². The molecule has 0 unspecified atom stereocenters. The van der Waals surface area contributed by atoms with E-state index in [0.29, 0.717) is 6.07 Å². The standard InChI is InChI=1S/C15H9F3N4O5/c16-15(17,18)11-3-1-9(2-4-11)8-19-20-14(23)10-5-12(21(24)25)7-13(6-10)22(26)27/h1-8H,(H,20,23)/b19-8-. The van der Waals surface area contributed by atoms with Gasteiger partial charge in [-0.05, 0) is 17.7 Å². The minimum atomic E-state index is -4.49. The van der Waals surface area contributed by atoms with E-state index in [1.165, 1.54) is 0 Å². The Morgan fingerprint density at radius 1 is 1.00 bits per heavy atom. The van der Waals surface area contributed by atoms with E-state index in [4.69, 9.17) is 0 Å². The summed E-state index contributed by atoms with van der Waals surface area (Å²) in [5.41, 5.74) is -0.301. The number of hydrazone groups is 1. The molecule has 0 radical (unpaired) electrons. The van der Waals surface area contributed by atoms with Gasteiger partial charge in [-0.3, -0.25) is 25.0 Å². The molecule has 12 heteroatoms. The molecule has 0 saturated carbocycles. The van der Waals surface area contributed by atoms with Crippen LogP contribution in [-0.2, 0) is 6.18 Å². The number of hydrogen-bond donors (Lipinski definition) is 1. The maximum absolute atomic E-state index is 12.5. The van der Waals surface area contributed by atoms with Gasteiger partial charge < -0.3 is 0 Å². The predicted octanol–water partition coefficient (Wildman–Crippen LogP) is 3.29. The molecule has 1 amide bonds. The molecule has 0 aromatic heterocycles. The third-order valence-corrected chi connectivity index (χ3v) is 3.20. The Hall–Kier alpha value is -3.83. The smallest absolute Gasteiger partial charge is 0.267 e. The number of rotatable bonds is 5. The molecule has 0 spiro atoms. The van der Waals surface area contributed by atoms with E-state index in [1.54, 1.807) is 0 Å². The summed E-state index contributed by atoms with van der Waals surface area (Å²) in [7, 11) is 0. The predicted molar refractivity (Wildman–Crippen MR) is 86.3 cm³/mol. The number of nitrogens with one attached hydrogen (secondary N) is 1. The number of non-ortho nitro benzene ring substituents is 2. The third-order valence-electron chi connectivity index (χ3n) is 3.20. The summed E-state index contributed by atoms with van der Waals surface area (Å²) < 4.78 is 37.4. The van der Waals surface area contributed by atoms with Crippen LogP contribution in [0.1, 0.15) is 21.5 Å². The molecule has 0 bridgehead atoms. The van der Waals surface area contributed by atoms with Gasteiger partial charge in [-0.15, -0.1) is 0 Å². The lowest BCUT2D eigenvalue weighted by Crippen LogP contribution is -2.18. The number of benzene rings is 2. The van der Waals surface area contributed by atoms with Gasteiger partial charge in [-0.2, -0.15) is 18.3 Å². The molecule has 9 nitrogen and oxygen atoms in total. The van der Waals surface area contributed by atoms with Crippen LogP contribution < -0.4 is 5.43 Å². The molecule has 1 N–H and O–H groups in total. The normalized spacial score (nSPS) is 11.4. The van der Waals surface area contributed by atoms with Crippen molar-refractivity contribution in [3.63, 3.8) is 0 Å². The highest BCUT2D eigenvalue weighted by atomic mass is 19.4. The summed E-state index contributed by atoms with van der Waals surface area (Å²) in [6, 6.07) is 6.25. The van der Waals surface area contributed by atoms with Gasteiger partial charge in [0.2, 0.25) is 0 Å². The van der Waals surface area contributed by atoms with Crippen molar-refractivity contribution in [2.45, 2.75) is 6.18 Å². The first-order valence-corrected chi connectivity index (χ1v) is 7.02. The fourth-order valence-electron chi connectivity index (χ4n) is 1.93. The number of nitrogens with zero attached hydrogens (tertiary/aromatic N) is 3. The van der Waals surface area contributed by atoms with Crippen molar-refractivity contribution in [2.75, 3.05) is 0 Å². The third kappa shape index (κ3) is 5.07. The second-order valence-electron chi connectivity index (χ2n) is 5.07. The Balaban J connectivity index is 2.14. The molecule has 140 valence electrons. The van der Waals surface area contributed by atoms with Crippen LogP contribution in [0.3, 0.4) is 0 Å². The van der Waals surface area contributed by atoms with Crippen LogP contribution in [0, 0.1) is 20.2 Å². The van der Waals surface area contributed by atoms with Crippen molar-refractivity contribution >= 4 is 23.5 Å². The molecule has 2 rings (SSSR count). The Labute approximate surface area is 148 Å². The van der Waals surface area contributed by atoms with Crippen LogP contribution in [-0.4, -0.2) is 22.0 Å². The second kappa shape index (κ2) is 7.59.